The summed E-state index contributed by atoms with van der Waals surface area (Å²) in [6.45, 7) is 0.0954. The quantitative estimate of drug-likeness (QED) is 0.331. The molecule has 0 bridgehead atoms. The highest BCUT2D eigenvalue weighted by atomic mass is 16.3. The zero-order valence-electron chi connectivity index (χ0n) is 8.23. The van der Waals surface area contributed by atoms with Gasteiger partial charge in [0, 0.05) is 12.5 Å². The van der Waals surface area contributed by atoms with Crippen molar-refractivity contribution in [2.75, 3.05) is 19.8 Å². The minimum atomic E-state index is -1.36. The first kappa shape index (κ1) is 13.3. The maximum absolute atomic E-state index is 11.2. The van der Waals surface area contributed by atoms with Crippen LogP contribution in [0, 0.1) is 0 Å². The van der Waals surface area contributed by atoms with E-state index in [1.54, 1.807) is 6.92 Å². The highest BCUT2D eigenvalue weighted by Crippen LogP contribution is 2.02. The van der Waals surface area contributed by atoms with Crippen LogP contribution in [0.5, 0.6) is 0 Å². The normalized spacial score (nSPS) is 13.8. The Bertz CT molecular complexity index is 172. The molecule has 0 saturated heterocycles. The fourth-order valence-corrected chi connectivity index (χ4v) is 0.908. The molecule has 84 valence electrons. The monoisotopic (exact) mass is 206 g/mol. The van der Waals surface area contributed by atoms with Crippen molar-refractivity contribution in [3.8, 4) is 0 Å². The smallest absolute Gasteiger partial charge is 0.222 e. The molecule has 0 aromatic heterocycles. The van der Waals surface area contributed by atoms with E-state index in [0.29, 0.717) is 0 Å². The van der Waals surface area contributed by atoms with Crippen LogP contribution in [-0.2, 0) is 4.79 Å². The molecule has 1 atom stereocenters. The number of carbonyl (C=O) groups is 1. The van der Waals surface area contributed by atoms with Gasteiger partial charge in [0.1, 0.15) is 5.54 Å². The van der Waals surface area contributed by atoms with Gasteiger partial charge in [-0.15, -0.1) is 0 Å². The zero-order valence-corrected chi connectivity index (χ0v) is 8.23. The van der Waals surface area contributed by atoms with Gasteiger partial charge >= 0.3 is 0 Å². The zero-order chi connectivity index (χ0) is 11.2. The van der Waals surface area contributed by atoms with Gasteiger partial charge in [0.15, 0.2) is 0 Å². The van der Waals surface area contributed by atoms with Crippen LogP contribution in [0.2, 0.25) is 0 Å². The lowest BCUT2D eigenvalue weighted by molar-refractivity contribution is -0.125. The van der Waals surface area contributed by atoms with Crippen LogP contribution in [0.3, 0.4) is 0 Å². The molecule has 0 aliphatic heterocycles. The Labute approximate surface area is 82.7 Å². The minimum Gasteiger partial charge on any atom is -0.394 e. The molecule has 0 rings (SSSR count). The van der Waals surface area contributed by atoms with Crippen molar-refractivity contribution >= 4 is 5.91 Å². The molecule has 6 nitrogen and oxygen atoms in total. The molecular formula is C8H18N2O4. The Morgan fingerprint density at radius 3 is 2.07 bits per heavy atom. The van der Waals surface area contributed by atoms with Crippen LogP contribution in [0.15, 0.2) is 0 Å². The van der Waals surface area contributed by atoms with E-state index in [2.05, 4.69) is 5.32 Å². The molecule has 1 unspecified atom stereocenters. The van der Waals surface area contributed by atoms with Crippen molar-refractivity contribution in [2.45, 2.75) is 24.9 Å². The maximum Gasteiger partial charge on any atom is 0.222 e. The first-order valence-corrected chi connectivity index (χ1v) is 4.39. The Morgan fingerprint density at radius 1 is 1.36 bits per heavy atom. The van der Waals surface area contributed by atoms with Crippen molar-refractivity contribution in [1.29, 1.82) is 0 Å². The molecular weight excluding hydrogens is 188 g/mol. The van der Waals surface area contributed by atoms with Crippen LogP contribution < -0.4 is 11.1 Å². The number of nitrogens with two attached hydrogens (primary N) is 1. The Morgan fingerprint density at radius 2 is 1.79 bits per heavy atom. The van der Waals surface area contributed by atoms with E-state index in [1.807, 2.05) is 0 Å². The molecule has 1 amide bonds. The predicted molar refractivity (Wildman–Crippen MR) is 50.4 cm³/mol. The number of nitrogens with one attached hydrogen (secondary N) is 1. The third-order valence-corrected chi connectivity index (χ3v) is 1.82. The van der Waals surface area contributed by atoms with Gasteiger partial charge in [-0.2, -0.15) is 0 Å². The van der Waals surface area contributed by atoms with E-state index in [1.165, 1.54) is 0 Å². The highest BCUT2D eigenvalue weighted by Gasteiger charge is 2.29. The average molecular weight is 206 g/mol. The Hall–Kier alpha value is -0.690. The highest BCUT2D eigenvalue weighted by molar-refractivity contribution is 5.77. The molecule has 14 heavy (non-hydrogen) atoms. The maximum atomic E-state index is 11.2. The summed E-state index contributed by atoms with van der Waals surface area (Å²) in [5.74, 6) is -0.405. The largest absolute Gasteiger partial charge is 0.394 e. The Kier molecular flexibility index (Phi) is 5.63. The molecule has 0 aliphatic rings. The molecule has 0 heterocycles. The molecule has 0 spiro atoms. The summed E-state index contributed by atoms with van der Waals surface area (Å²) in [6, 6.07) is -0.302. The fraction of sp³-hybridized carbons (Fsp3) is 0.875. The first-order chi connectivity index (χ1) is 6.49. The van der Waals surface area contributed by atoms with Gasteiger partial charge in [0.05, 0.1) is 19.8 Å². The number of hydrogen-bond donors (Lipinski definition) is 5. The third-order valence-electron chi connectivity index (χ3n) is 1.82. The summed E-state index contributed by atoms with van der Waals surface area (Å²) < 4.78 is 0. The first-order valence-electron chi connectivity index (χ1n) is 4.39. The average Bonchev–Trinajstić information content (AvgIpc) is 2.13. The number of aliphatic hydroxyl groups is 3. The second-order valence-electron chi connectivity index (χ2n) is 3.48. The lowest BCUT2D eigenvalue weighted by Gasteiger charge is -2.28. The van der Waals surface area contributed by atoms with Crippen molar-refractivity contribution in [2.24, 2.45) is 5.73 Å². The second-order valence-corrected chi connectivity index (χ2v) is 3.48. The molecule has 0 aliphatic carbocycles. The van der Waals surface area contributed by atoms with Crippen molar-refractivity contribution in [3.63, 3.8) is 0 Å². The lowest BCUT2D eigenvalue weighted by Crippen LogP contribution is -2.57. The van der Waals surface area contributed by atoms with Gasteiger partial charge < -0.3 is 26.4 Å². The number of amides is 1. The van der Waals surface area contributed by atoms with E-state index in [0.717, 1.165) is 0 Å². The second kappa shape index (κ2) is 5.92. The van der Waals surface area contributed by atoms with E-state index >= 15 is 0 Å². The number of hydrogen-bond acceptors (Lipinski definition) is 5. The summed E-state index contributed by atoms with van der Waals surface area (Å²) in [7, 11) is 0. The number of rotatable bonds is 6. The van der Waals surface area contributed by atoms with Crippen LogP contribution in [-0.4, -0.2) is 52.6 Å². The van der Waals surface area contributed by atoms with Crippen molar-refractivity contribution in [3.05, 3.63) is 0 Å². The van der Waals surface area contributed by atoms with E-state index in [-0.39, 0.29) is 12.5 Å². The summed E-state index contributed by atoms with van der Waals surface area (Å²) in [6.07, 6.45) is 0.0851. The van der Waals surface area contributed by atoms with E-state index in [4.69, 9.17) is 21.1 Å². The SMILES string of the molecule is CC(N)CC(=O)NC(CO)(CO)CO. The van der Waals surface area contributed by atoms with Gasteiger partial charge in [-0.1, -0.05) is 0 Å². The fourth-order valence-electron chi connectivity index (χ4n) is 0.908. The van der Waals surface area contributed by atoms with Gasteiger partial charge in [0.2, 0.25) is 5.91 Å². The molecule has 6 heteroatoms. The van der Waals surface area contributed by atoms with E-state index in [9.17, 15) is 4.79 Å². The van der Waals surface area contributed by atoms with Crippen molar-refractivity contribution < 1.29 is 20.1 Å². The predicted octanol–water partition coefficient (Wildman–Crippen LogP) is -2.44. The summed E-state index contributed by atoms with van der Waals surface area (Å²) in [5.41, 5.74) is 4.03. The minimum absolute atomic E-state index is 0.0851. The van der Waals surface area contributed by atoms with Crippen molar-refractivity contribution in [1.82, 2.24) is 5.32 Å². The lowest BCUT2D eigenvalue weighted by atomic mass is 10.0. The van der Waals surface area contributed by atoms with Gasteiger partial charge in [0.25, 0.3) is 0 Å². The van der Waals surface area contributed by atoms with Crippen LogP contribution in [0.1, 0.15) is 13.3 Å². The molecule has 0 radical (unpaired) electrons. The third kappa shape index (κ3) is 4.01. The Balaban J connectivity index is 4.22. The summed E-state index contributed by atoms with van der Waals surface area (Å²) in [5, 5.41) is 29.0. The molecule has 0 aromatic rings. The molecule has 6 N–H and O–H groups in total. The van der Waals surface area contributed by atoms with Crippen LogP contribution >= 0.6 is 0 Å². The number of aliphatic hydroxyl groups excluding tert-OH is 3. The van der Waals surface area contributed by atoms with Gasteiger partial charge in [-0.25, -0.2) is 0 Å². The van der Waals surface area contributed by atoms with E-state index < -0.39 is 31.3 Å². The van der Waals surface area contributed by atoms with Gasteiger partial charge in [-0.3, -0.25) is 4.79 Å². The summed E-state index contributed by atoms with van der Waals surface area (Å²) >= 11 is 0. The van der Waals surface area contributed by atoms with Crippen LogP contribution in [0.25, 0.3) is 0 Å². The molecule has 0 saturated carbocycles. The van der Waals surface area contributed by atoms with Crippen LogP contribution in [0.4, 0.5) is 0 Å². The summed E-state index contributed by atoms with van der Waals surface area (Å²) in [4.78, 5) is 11.2. The van der Waals surface area contributed by atoms with Gasteiger partial charge in [-0.05, 0) is 6.92 Å². The topological polar surface area (TPSA) is 116 Å². The number of carbonyl (C=O) groups excluding carboxylic acids is 1. The molecule has 0 fully saturated rings. The molecule has 0 aromatic carbocycles. The standard InChI is InChI=1S/C8H18N2O4/c1-6(9)2-7(14)10-8(3-11,4-12)5-13/h6,11-13H,2-5,9H2,1H3,(H,10,14).